The Morgan fingerprint density at radius 1 is 1.50 bits per heavy atom. The molecule has 0 saturated heterocycles. The quantitative estimate of drug-likeness (QED) is 0.679. The highest BCUT2D eigenvalue weighted by molar-refractivity contribution is 9.10. The van der Waals surface area contributed by atoms with E-state index in [9.17, 15) is 14.9 Å². The van der Waals surface area contributed by atoms with Gasteiger partial charge in [-0.2, -0.15) is 0 Å². The molecule has 0 saturated carbocycles. The molecule has 0 bridgehead atoms. The molecule has 1 heterocycles. The number of nitrogens with two attached hydrogens (primary N) is 1. The first-order valence-corrected chi connectivity index (χ1v) is 5.74. The van der Waals surface area contributed by atoms with Crippen molar-refractivity contribution < 1.29 is 9.72 Å². The molecule has 7 heteroatoms. The van der Waals surface area contributed by atoms with Crippen LogP contribution >= 0.6 is 15.9 Å². The van der Waals surface area contributed by atoms with Gasteiger partial charge in [0, 0.05) is 17.6 Å². The maximum atomic E-state index is 11.3. The molecule has 2 aromatic rings. The molecule has 0 unspecified atom stereocenters. The number of aromatic nitrogens is 1. The summed E-state index contributed by atoms with van der Waals surface area (Å²) < 4.78 is 0.453. The van der Waals surface area contributed by atoms with Gasteiger partial charge in [0.2, 0.25) is 0 Å². The highest BCUT2D eigenvalue weighted by Gasteiger charge is 2.20. The second-order valence-corrected chi connectivity index (χ2v) is 4.64. The number of pyridine rings is 1. The molecule has 0 aliphatic heterocycles. The predicted octanol–water partition coefficient (Wildman–Crippen LogP) is 2.31. The van der Waals surface area contributed by atoms with Crippen molar-refractivity contribution in [1.29, 1.82) is 0 Å². The van der Waals surface area contributed by atoms with Crippen molar-refractivity contribution in [3.05, 3.63) is 44.2 Å². The molecule has 0 radical (unpaired) electrons. The number of nitrogens with zero attached hydrogens (tertiary/aromatic N) is 2. The number of aryl methyl sites for hydroxylation is 1. The summed E-state index contributed by atoms with van der Waals surface area (Å²) >= 11 is 3.20. The SMILES string of the molecule is Cc1cc([N+](=O)[O-])c2c(Br)cnc(C(N)=O)c2c1. The zero-order valence-electron chi connectivity index (χ0n) is 9.31. The number of fused-ring (bicyclic) bond motifs is 1. The van der Waals surface area contributed by atoms with Gasteiger partial charge in [-0.25, -0.2) is 4.98 Å². The lowest BCUT2D eigenvalue weighted by atomic mass is 10.0. The number of nitro groups is 1. The normalized spacial score (nSPS) is 10.6. The van der Waals surface area contributed by atoms with Crippen LogP contribution in [0.1, 0.15) is 16.1 Å². The molecule has 0 fully saturated rings. The van der Waals surface area contributed by atoms with E-state index in [1.807, 2.05) is 0 Å². The van der Waals surface area contributed by atoms with Crippen molar-refractivity contribution >= 4 is 38.3 Å². The average molecular weight is 310 g/mol. The van der Waals surface area contributed by atoms with Crippen LogP contribution in [0, 0.1) is 17.0 Å². The van der Waals surface area contributed by atoms with E-state index in [1.165, 1.54) is 12.3 Å². The molecular weight excluding hydrogens is 302 g/mol. The lowest BCUT2D eigenvalue weighted by Crippen LogP contribution is -2.14. The third-order valence-electron chi connectivity index (χ3n) is 2.49. The fourth-order valence-corrected chi connectivity index (χ4v) is 2.32. The molecule has 0 aliphatic carbocycles. The first-order chi connectivity index (χ1) is 8.41. The lowest BCUT2D eigenvalue weighted by molar-refractivity contribution is -0.383. The Kier molecular flexibility index (Phi) is 3.00. The molecule has 0 spiro atoms. The Labute approximate surface area is 110 Å². The van der Waals surface area contributed by atoms with Gasteiger partial charge in [0.1, 0.15) is 5.69 Å². The summed E-state index contributed by atoms with van der Waals surface area (Å²) in [4.78, 5) is 25.8. The topological polar surface area (TPSA) is 99.1 Å². The standard InChI is InChI=1S/C11H8BrN3O3/c1-5-2-6-9(8(3-5)15(17)18)7(12)4-14-10(6)11(13)16/h2-4H,1H3,(H2,13,16). The molecule has 1 aromatic heterocycles. The van der Waals surface area contributed by atoms with E-state index in [-0.39, 0.29) is 11.4 Å². The van der Waals surface area contributed by atoms with E-state index in [0.717, 1.165) is 0 Å². The highest BCUT2D eigenvalue weighted by Crippen LogP contribution is 2.34. The maximum absolute atomic E-state index is 11.3. The van der Waals surface area contributed by atoms with Gasteiger partial charge >= 0.3 is 0 Å². The number of rotatable bonds is 2. The molecule has 6 nitrogen and oxygen atoms in total. The number of hydrogen-bond donors (Lipinski definition) is 1. The monoisotopic (exact) mass is 309 g/mol. The number of carbonyl (C=O) groups is 1. The smallest absolute Gasteiger partial charge is 0.278 e. The number of nitro benzene ring substituents is 1. The van der Waals surface area contributed by atoms with Gasteiger partial charge in [-0.05, 0) is 34.5 Å². The summed E-state index contributed by atoms with van der Waals surface area (Å²) in [5.41, 5.74) is 5.83. The molecule has 0 aliphatic rings. The minimum absolute atomic E-state index is 0.0278. The van der Waals surface area contributed by atoms with Crippen LogP contribution in [0.5, 0.6) is 0 Å². The van der Waals surface area contributed by atoms with Gasteiger partial charge in [0.05, 0.1) is 14.8 Å². The molecular formula is C11H8BrN3O3. The summed E-state index contributed by atoms with van der Waals surface area (Å²) in [5, 5.41) is 11.8. The summed E-state index contributed by atoms with van der Waals surface area (Å²) in [7, 11) is 0. The predicted molar refractivity (Wildman–Crippen MR) is 69.4 cm³/mol. The first-order valence-electron chi connectivity index (χ1n) is 4.95. The molecule has 2 rings (SSSR count). The molecule has 1 amide bonds. The molecule has 18 heavy (non-hydrogen) atoms. The number of halogens is 1. The summed E-state index contributed by atoms with van der Waals surface area (Å²) in [6.07, 6.45) is 1.34. The van der Waals surface area contributed by atoms with Gasteiger partial charge in [-0.3, -0.25) is 14.9 Å². The van der Waals surface area contributed by atoms with Crippen molar-refractivity contribution in [3.8, 4) is 0 Å². The second-order valence-electron chi connectivity index (χ2n) is 3.78. The number of carbonyl (C=O) groups excluding carboxylic acids is 1. The van der Waals surface area contributed by atoms with E-state index >= 15 is 0 Å². The van der Waals surface area contributed by atoms with Crippen LogP contribution < -0.4 is 5.73 Å². The molecule has 0 atom stereocenters. The van der Waals surface area contributed by atoms with Gasteiger partial charge in [-0.15, -0.1) is 0 Å². The van der Waals surface area contributed by atoms with Crippen LogP contribution in [0.15, 0.2) is 22.8 Å². The maximum Gasteiger partial charge on any atom is 0.278 e. The largest absolute Gasteiger partial charge is 0.364 e. The molecule has 92 valence electrons. The van der Waals surface area contributed by atoms with Crippen molar-refractivity contribution in [2.24, 2.45) is 5.73 Å². The fraction of sp³-hybridized carbons (Fsp3) is 0.0909. The Balaban J connectivity index is 3.01. The van der Waals surface area contributed by atoms with Gasteiger partial charge in [0.15, 0.2) is 0 Å². The van der Waals surface area contributed by atoms with Crippen LogP contribution in [0.25, 0.3) is 10.8 Å². The third kappa shape index (κ3) is 1.92. The Hall–Kier alpha value is -2.02. The average Bonchev–Trinajstić information content (AvgIpc) is 2.27. The minimum atomic E-state index is -0.715. The van der Waals surface area contributed by atoms with Crippen molar-refractivity contribution in [1.82, 2.24) is 4.98 Å². The van der Waals surface area contributed by atoms with Gasteiger partial charge in [-0.1, -0.05) is 0 Å². The zero-order chi connectivity index (χ0) is 13.4. The van der Waals surface area contributed by atoms with Crippen LogP contribution in [0.2, 0.25) is 0 Å². The number of amides is 1. The first kappa shape index (κ1) is 12.4. The van der Waals surface area contributed by atoms with E-state index in [2.05, 4.69) is 20.9 Å². The molecule has 2 N–H and O–H groups in total. The number of non-ortho nitro benzene ring substituents is 1. The van der Waals surface area contributed by atoms with Crippen LogP contribution in [0.3, 0.4) is 0 Å². The molecule has 1 aromatic carbocycles. The lowest BCUT2D eigenvalue weighted by Gasteiger charge is -2.06. The zero-order valence-corrected chi connectivity index (χ0v) is 10.9. The number of benzene rings is 1. The van der Waals surface area contributed by atoms with Gasteiger partial charge in [0.25, 0.3) is 11.6 Å². The van der Waals surface area contributed by atoms with Crippen molar-refractivity contribution in [2.75, 3.05) is 0 Å². The van der Waals surface area contributed by atoms with Gasteiger partial charge < -0.3 is 5.73 Å². The number of hydrogen-bond acceptors (Lipinski definition) is 4. The van der Waals surface area contributed by atoms with E-state index in [4.69, 9.17) is 5.73 Å². The summed E-state index contributed by atoms with van der Waals surface area (Å²) in [5.74, 6) is -0.715. The summed E-state index contributed by atoms with van der Waals surface area (Å²) in [6, 6.07) is 3.10. The summed E-state index contributed by atoms with van der Waals surface area (Å²) in [6.45, 7) is 1.71. The van der Waals surface area contributed by atoms with Crippen LogP contribution in [-0.4, -0.2) is 15.8 Å². The van der Waals surface area contributed by atoms with E-state index in [0.29, 0.717) is 20.8 Å². The Bertz CT molecular complexity index is 685. The van der Waals surface area contributed by atoms with Crippen molar-refractivity contribution in [3.63, 3.8) is 0 Å². The fourth-order valence-electron chi connectivity index (χ4n) is 1.80. The second kappa shape index (κ2) is 4.34. The van der Waals surface area contributed by atoms with E-state index < -0.39 is 10.8 Å². The highest BCUT2D eigenvalue weighted by atomic mass is 79.9. The Morgan fingerprint density at radius 2 is 2.17 bits per heavy atom. The van der Waals surface area contributed by atoms with E-state index in [1.54, 1.807) is 13.0 Å². The van der Waals surface area contributed by atoms with Crippen LogP contribution in [0.4, 0.5) is 5.69 Å². The Morgan fingerprint density at radius 3 is 2.72 bits per heavy atom. The number of primary amides is 1. The minimum Gasteiger partial charge on any atom is -0.364 e. The van der Waals surface area contributed by atoms with Crippen molar-refractivity contribution in [2.45, 2.75) is 6.92 Å². The third-order valence-corrected chi connectivity index (χ3v) is 3.09. The van der Waals surface area contributed by atoms with Crippen LogP contribution in [-0.2, 0) is 0 Å².